The number of hydrogen-bond acceptors (Lipinski definition) is 5. The first-order valence-electron chi connectivity index (χ1n) is 4.30. The molecule has 0 unspecified atom stereocenters. The number of nitrogens with zero attached hydrogens (tertiary/aromatic N) is 4. The number of nitriles is 1. The van der Waals surface area contributed by atoms with Crippen molar-refractivity contribution in [3.63, 3.8) is 0 Å². The monoisotopic (exact) mass is 204 g/mol. The van der Waals surface area contributed by atoms with Crippen LogP contribution in [0.1, 0.15) is 6.42 Å². The minimum absolute atomic E-state index is 0.0786. The lowest BCUT2D eigenvalue weighted by atomic mass is 10.4. The highest BCUT2D eigenvalue weighted by Crippen LogP contribution is 2.08. The molecular formula is C8H8N6O. The van der Waals surface area contributed by atoms with Crippen LogP contribution in [0.4, 0.5) is 5.95 Å². The number of rotatable bonds is 2. The van der Waals surface area contributed by atoms with Gasteiger partial charge in [-0.2, -0.15) is 10.2 Å². The predicted octanol–water partition coefficient (Wildman–Crippen LogP) is -0.385. The van der Waals surface area contributed by atoms with Crippen molar-refractivity contribution in [1.29, 1.82) is 5.26 Å². The first-order chi connectivity index (χ1) is 7.24. The summed E-state index contributed by atoms with van der Waals surface area (Å²) in [6, 6.07) is 1.99. The minimum Gasteiger partial charge on any atom is -0.369 e. The third-order valence-corrected chi connectivity index (χ3v) is 2.03. The Bertz CT molecular complexity index is 589. The van der Waals surface area contributed by atoms with E-state index in [1.165, 1.54) is 10.9 Å². The molecule has 0 bridgehead atoms. The van der Waals surface area contributed by atoms with E-state index in [0.717, 1.165) is 0 Å². The average Bonchev–Trinajstić information content (AvgIpc) is 2.66. The summed E-state index contributed by atoms with van der Waals surface area (Å²) in [7, 11) is 0. The second-order valence-corrected chi connectivity index (χ2v) is 2.94. The lowest BCUT2D eigenvalue weighted by Crippen LogP contribution is -2.18. The van der Waals surface area contributed by atoms with Crippen molar-refractivity contribution in [2.45, 2.75) is 13.0 Å². The van der Waals surface area contributed by atoms with Crippen molar-refractivity contribution in [2.24, 2.45) is 0 Å². The van der Waals surface area contributed by atoms with E-state index in [-0.39, 0.29) is 12.4 Å². The zero-order valence-corrected chi connectivity index (χ0v) is 7.77. The summed E-state index contributed by atoms with van der Waals surface area (Å²) in [6.07, 6.45) is 1.69. The summed E-state index contributed by atoms with van der Waals surface area (Å²) >= 11 is 0. The highest BCUT2D eigenvalue weighted by atomic mass is 16.1. The first kappa shape index (κ1) is 9.21. The molecule has 0 aliphatic carbocycles. The van der Waals surface area contributed by atoms with Crippen LogP contribution in [-0.2, 0) is 6.54 Å². The van der Waals surface area contributed by atoms with Crippen LogP contribution in [0.5, 0.6) is 0 Å². The van der Waals surface area contributed by atoms with Gasteiger partial charge in [0.2, 0.25) is 5.95 Å². The van der Waals surface area contributed by atoms with Gasteiger partial charge < -0.3 is 10.7 Å². The largest absolute Gasteiger partial charge is 0.369 e. The maximum atomic E-state index is 11.3. The van der Waals surface area contributed by atoms with Crippen LogP contribution >= 0.6 is 0 Å². The van der Waals surface area contributed by atoms with Gasteiger partial charge in [0, 0.05) is 6.54 Å². The average molecular weight is 204 g/mol. The van der Waals surface area contributed by atoms with Crippen molar-refractivity contribution < 1.29 is 0 Å². The van der Waals surface area contributed by atoms with E-state index in [0.29, 0.717) is 17.7 Å². The number of anilines is 1. The molecule has 2 aromatic rings. The Morgan fingerprint density at radius 2 is 2.47 bits per heavy atom. The van der Waals surface area contributed by atoms with E-state index in [1.54, 1.807) is 0 Å². The predicted molar refractivity (Wildman–Crippen MR) is 52.8 cm³/mol. The Hall–Kier alpha value is -2.36. The molecule has 0 fully saturated rings. The summed E-state index contributed by atoms with van der Waals surface area (Å²) in [4.78, 5) is 21.6. The molecule has 0 aliphatic heterocycles. The van der Waals surface area contributed by atoms with Gasteiger partial charge in [-0.15, -0.1) is 0 Å². The van der Waals surface area contributed by atoms with E-state index in [4.69, 9.17) is 11.0 Å². The topological polar surface area (TPSA) is 113 Å². The molecule has 2 rings (SSSR count). The Morgan fingerprint density at radius 3 is 3.20 bits per heavy atom. The number of fused-ring (bicyclic) bond motifs is 1. The summed E-state index contributed by atoms with van der Waals surface area (Å²) < 4.78 is 1.54. The number of nitrogens with two attached hydrogens (primary N) is 1. The maximum Gasteiger partial charge on any atom is 0.300 e. The molecule has 76 valence electrons. The Labute approximate surface area is 84.2 Å². The number of imidazole rings is 1. The van der Waals surface area contributed by atoms with Crippen LogP contribution in [0.2, 0.25) is 0 Å². The molecule has 7 nitrogen and oxygen atoms in total. The van der Waals surface area contributed by atoms with Crippen LogP contribution in [-0.4, -0.2) is 19.5 Å². The van der Waals surface area contributed by atoms with Gasteiger partial charge in [0.05, 0.1) is 18.8 Å². The fraction of sp³-hybridized carbons (Fsp3) is 0.250. The van der Waals surface area contributed by atoms with E-state index in [2.05, 4.69) is 15.0 Å². The second-order valence-electron chi connectivity index (χ2n) is 2.94. The number of hydrogen-bond donors (Lipinski definition) is 2. The molecule has 0 radical (unpaired) electrons. The highest BCUT2D eigenvalue weighted by Gasteiger charge is 2.09. The zero-order valence-electron chi connectivity index (χ0n) is 7.77. The van der Waals surface area contributed by atoms with Gasteiger partial charge in [0.15, 0.2) is 11.2 Å². The van der Waals surface area contributed by atoms with Crippen LogP contribution in [0.3, 0.4) is 0 Å². The molecule has 2 heterocycles. The van der Waals surface area contributed by atoms with Gasteiger partial charge in [0.1, 0.15) is 0 Å². The SMILES string of the molecule is N#CCCn1c(N)nc(=O)c2[nH]cnc21. The van der Waals surface area contributed by atoms with Gasteiger partial charge in [0.25, 0.3) is 0 Å². The lowest BCUT2D eigenvalue weighted by molar-refractivity contribution is 0.726. The fourth-order valence-corrected chi connectivity index (χ4v) is 1.36. The molecule has 2 aromatic heterocycles. The fourth-order valence-electron chi connectivity index (χ4n) is 1.36. The highest BCUT2D eigenvalue weighted by molar-refractivity contribution is 5.70. The number of aromatic nitrogens is 4. The van der Waals surface area contributed by atoms with Gasteiger partial charge in [-0.3, -0.25) is 9.36 Å². The number of H-pyrrole nitrogens is 1. The molecule has 0 aromatic carbocycles. The normalized spacial score (nSPS) is 10.3. The van der Waals surface area contributed by atoms with E-state index >= 15 is 0 Å². The van der Waals surface area contributed by atoms with Crippen molar-refractivity contribution in [3.05, 3.63) is 16.7 Å². The summed E-state index contributed by atoms with van der Waals surface area (Å²) in [5.41, 5.74) is 5.88. The van der Waals surface area contributed by atoms with E-state index in [9.17, 15) is 4.79 Å². The van der Waals surface area contributed by atoms with Crippen LogP contribution in [0.25, 0.3) is 11.2 Å². The molecule has 0 aliphatic rings. The van der Waals surface area contributed by atoms with Crippen molar-refractivity contribution in [1.82, 2.24) is 19.5 Å². The number of nitrogen functional groups attached to an aromatic ring is 1. The lowest BCUT2D eigenvalue weighted by Gasteiger charge is -2.06. The molecule has 0 atom stereocenters. The smallest absolute Gasteiger partial charge is 0.300 e. The third-order valence-electron chi connectivity index (χ3n) is 2.03. The van der Waals surface area contributed by atoms with Crippen molar-refractivity contribution in [2.75, 3.05) is 5.73 Å². The molecule has 3 N–H and O–H groups in total. The number of nitrogens with one attached hydrogen (secondary N) is 1. The van der Waals surface area contributed by atoms with E-state index in [1.807, 2.05) is 6.07 Å². The molecule has 0 amide bonds. The van der Waals surface area contributed by atoms with Crippen molar-refractivity contribution in [3.8, 4) is 6.07 Å². The number of aromatic amines is 1. The molecule has 7 heteroatoms. The third kappa shape index (κ3) is 1.42. The van der Waals surface area contributed by atoms with Gasteiger partial charge in [-0.1, -0.05) is 0 Å². The summed E-state index contributed by atoms with van der Waals surface area (Å²) in [6.45, 7) is 0.372. The van der Waals surface area contributed by atoms with Crippen LogP contribution in [0.15, 0.2) is 11.1 Å². The maximum absolute atomic E-state index is 11.3. The van der Waals surface area contributed by atoms with Crippen LogP contribution < -0.4 is 11.3 Å². The Morgan fingerprint density at radius 1 is 1.67 bits per heavy atom. The molecular weight excluding hydrogens is 196 g/mol. The molecule has 0 spiro atoms. The number of aryl methyl sites for hydroxylation is 1. The second kappa shape index (κ2) is 3.42. The Balaban J connectivity index is 2.67. The minimum atomic E-state index is -0.437. The zero-order chi connectivity index (χ0) is 10.8. The van der Waals surface area contributed by atoms with Gasteiger partial charge >= 0.3 is 5.56 Å². The summed E-state index contributed by atoms with van der Waals surface area (Å²) in [5, 5.41) is 8.48. The van der Waals surface area contributed by atoms with Crippen LogP contribution in [0, 0.1) is 11.3 Å². The quantitative estimate of drug-likeness (QED) is 0.691. The first-order valence-corrected chi connectivity index (χ1v) is 4.30. The van der Waals surface area contributed by atoms with Gasteiger partial charge in [-0.25, -0.2) is 4.98 Å². The van der Waals surface area contributed by atoms with E-state index < -0.39 is 5.56 Å². The van der Waals surface area contributed by atoms with Gasteiger partial charge in [-0.05, 0) is 0 Å². The standard InChI is InChI=1S/C8H8N6O/c9-2-1-3-14-6-5(11-4-12-6)7(15)13-8(14)10/h4H,1,3H2,(H,11,12)(H2,10,13,15). The summed E-state index contributed by atoms with van der Waals surface area (Å²) in [5.74, 6) is 0.0786. The molecule has 0 saturated carbocycles. The molecule has 0 saturated heterocycles. The Kier molecular flexibility index (Phi) is 2.10. The molecule has 15 heavy (non-hydrogen) atoms. The van der Waals surface area contributed by atoms with Crippen molar-refractivity contribution >= 4 is 17.1 Å².